The van der Waals surface area contributed by atoms with Crippen LogP contribution in [0.1, 0.15) is 18.4 Å². The van der Waals surface area contributed by atoms with E-state index in [2.05, 4.69) is 41.1 Å². The van der Waals surface area contributed by atoms with Gasteiger partial charge in [0.15, 0.2) is 0 Å². The van der Waals surface area contributed by atoms with E-state index >= 15 is 0 Å². The van der Waals surface area contributed by atoms with Gasteiger partial charge in [0.25, 0.3) is 0 Å². The van der Waals surface area contributed by atoms with E-state index in [0.717, 1.165) is 64.0 Å². The Balaban J connectivity index is 1.52. The van der Waals surface area contributed by atoms with Gasteiger partial charge in [-0.25, -0.2) is 9.97 Å². The van der Waals surface area contributed by atoms with Crippen LogP contribution in [0.15, 0.2) is 24.5 Å². The number of aromatic nitrogens is 3. The maximum atomic E-state index is 13.5. The number of anilines is 4. The number of halogens is 3. The molecule has 2 aromatic rings. The van der Waals surface area contributed by atoms with Crippen LogP contribution >= 0.6 is 0 Å². The molecule has 11 heteroatoms. The fraction of sp³-hybridized carbons (Fsp3) is 0.526. The standard InChI is InChI=1S/C19H25F3N8/c20-19(21,22)15-12-26-18(27-13-2-1-5-24-10-13)29-17(15)28-16-4-3-14(11-25-16)30-8-6-23-7-9-30/h3-4,11-13,23-24H,1-2,5-10H2,(H2,25,26,27,28,29)/t13-/m0/s1. The highest BCUT2D eigenvalue weighted by Gasteiger charge is 2.35. The molecule has 30 heavy (non-hydrogen) atoms. The number of nitrogens with one attached hydrogen (secondary N) is 4. The minimum Gasteiger partial charge on any atom is -0.368 e. The summed E-state index contributed by atoms with van der Waals surface area (Å²) < 4.78 is 40.4. The molecule has 0 bridgehead atoms. The summed E-state index contributed by atoms with van der Waals surface area (Å²) in [6.07, 6.45) is -0.200. The van der Waals surface area contributed by atoms with E-state index in [0.29, 0.717) is 5.82 Å². The molecule has 0 amide bonds. The summed E-state index contributed by atoms with van der Waals surface area (Å²) in [4.78, 5) is 14.4. The predicted octanol–water partition coefficient (Wildman–Crippen LogP) is 2.21. The molecule has 0 aromatic carbocycles. The van der Waals surface area contributed by atoms with Gasteiger partial charge in [-0.05, 0) is 31.5 Å². The lowest BCUT2D eigenvalue weighted by Gasteiger charge is -2.29. The maximum Gasteiger partial charge on any atom is 0.421 e. The van der Waals surface area contributed by atoms with E-state index in [1.807, 2.05) is 6.07 Å². The zero-order valence-corrected chi connectivity index (χ0v) is 16.5. The van der Waals surface area contributed by atoms with Crippen LogP contribution in [-0.4, -0.2) is 60.3 Å². The zero-order chi connectivity index (χ0) is 21.0. The summed E-state index contributed by atoms with van der Waals surface area (Å²) in [6, 6.07) is 3.60. The van der Waals surface area contributed by atoms with Crippen molar-refractivity contribution in [3.05, 3.63) is 30.1 Å². The van der Waals surface area contributed by atoms with E-state index in [9.17, 15) is 13.2 Å². The number of hydrogen-bond donors (Lipinski definition) is 4. The molecule has 4 rings (SSSR count). The Morgan fingerprint density at radius 1 is 1.03 bits per heavy atom. The topological polar surface area (TPSA) is 90.0 Å². The van der Waals surface area contributed by atoms with Crippen LogP contribution in [0.5, 0.6) is 0 Å². The van der Waals surface area contributed by atoms with Gasteiger partial charge in [-0.15, -0.1) is 0 Å². The lowest BCUT2D eigenvalue weighted by molar-refractivity contribution is -0.137. The second-order valence-electron chi connectivity index (χ2n) is 7.40. The first-order chi connectivity index (χ1) is 14.5. The lowest BCUT2D eigenvalue weighted by Crippen LogP contribution is -2.43. The first-order valence-corrected chi connectivity index (χ1v) is 10.1. The van der Waals surface area contributed by atoms with Crippen molar-refractivity contribution < 1.29 is 13.2 Å². The molecule has 0 saturated carbocycles. The number of hydrogen-bond acceptors (Lipinski definition) is 8. The minimum atomic E-state index is -4.58. The summed E-state index contributed by atoms with van der Waals surface area (Å²) >= 11 is 0. The molecule has 4 N–H and O–H groups in total. The SMILES string of the molecule is FC(F)(F)c1cnc(N[C@H]2CCCNC2)nc1Nc1ccc(N2CCNCC2)cn1. The van der Waals surface area contributed by atoms with Crippen LogP contribution < -0.4 is 26.2 Å². The third-order valence-corrected chi connectivity index (χ3v) is 5.20. The number of nitrogens with zero attached hydrogens (tertiary/aromatic N) is 4. The Kier molecular flexibility index (Phi) is 6.18. The third kappa shape index (κ3) is 5.08. The van der Waals surface area contributed by atoms with E-state index < -0.39 is 11.7 Å². The van der Waals surface area contributed by atoms with Crippen LogP contribution in [0, 0.1) is 0 Å². The molecule has 0 unspecified atom stereocenters. The average Bonchev–Trinajstić information content (AvgIpc) is 2.75. The van der Waals surface area contributed by atoms with Gasteiger partial charge >= 0.3 is 6.18 Å². The van der Waals surface area contributed by atoms with Crippen molar-refractivity contribution in [2.75, 3.05) is 54.8 Å². The van der Waals surface area contributed by atoms with E-state index in [-0.39, 0.29) is 17.8 Å². The molecule has 2 aliphatic rings. The van der Waals surface area contributed by atoms with Gasteiger partial charge in [0.2, 0.25) is 5.95 Å². The Hall–Kier alpha value is -2.66. The molecule has 0 radical (unpaired) electrons. The van der Waals surface area contributed by atoms with Crippen molar-refractivity contribution in [3.8, 4) is 0 Å². The van der Waals surface area contributed by atoms with Crippen molar-refractivity contribution in [1.29, 1.82) is 0 Å². The molecule has 2 aromatic heterocycles. The summed E-state index contributed by atoms with van der Waals surface area (Å²) in [6.45, 7) is 5.17. The predicted molar refractivity (Wildman–Crippen MR) is 109 cm³/mol. The number of alkyl halides is 3. The minimum absolute atomic E-state index is 0.0831. The van der Waals surface area contributed by atoms with Gasteiger partial charge in [-0.3, -0.25) is 0 Å². The summed E-state index contributed by atoms with van der Waals surface area (Å²) in [5.41, 5.74) is 0.00994. The monoisotopic (exact) mass is 422 g/mol. The molecule has 2 fully saturated rings. The van der Waals surface area contributed by atoms with Crippen LogP contribution in [-0.2, 0) is 6.18 Å². The van der Waals surface area contributed by atoms with Gasteiger partial charge in [0, 0.05) is 45.0 Å². The highest BCUT2D eigenvalue weighted by atomic mass is 19.4. The number of piperidine rings is 1. The Labute approximate surface area is 172 Å². The van der Waals surface area contributed by atoms with E-state index in [1.54, 1.807) is 12.3 Å². The van der Waals surface area contributed by atoms with Gasteiger partial charge in [-0.2, -0.15) is 18.2 Å². The van der Waals surface area contributed by atoms with Gasteiger partial charge < -0.3 is 26.2 Å². The van der Waals surface area contributed by atoms with Crippen molar-refractivity contribution >= 4 is 23.3 Å². The molecule has 8 nitrogen and oxygen atoms in total. The van der Waals surface area contributed by atoms with Crippen LogP contribution in [0.4, 0.5) is 36.4 Å². The normalized spacial score (nSPS) is 20.1. The quantitative estimate of drug-likeness (QED) is 0.583. The first kappa shape index (κ1) is 20.6. The average molecular weight is 422 g/mol. The summed E-state index contributed by atoms with van der Waals surface area (Å²) in [5.74, 6) is 0.145. The number of piperazine rings is 1. The molecule has 0 aliphatic carbocycles. The fourth-order valence-electron chi connectivity index (χ4n) is 3.60. The molecule has 4 heterocycles. The van der Waals surface area contributed by atoms with Crippen molar-refractivity contribution in [2.45, 2.75) is 25.1 Å². The molecular formula is C19H25F3N8. The molecule has 2 aliphatic heterocycles. The second kappa shape index (κ2) is 9.00. The first-order valence-electron chi connectivity index (χ1n) is 10.1. The van der Waals surface area contributed by atoms with E-state index in [4.69, 9.17) is 0 Å². The number of pyridine rings is 1. The van der Waals surface area contributed by atoms with Crippen LogP contribution in [0.2, 0.25) is 0 Å². The molecular weight excluding hydrogens is 397 g/mol. The van der Waals surface area contributed by atoms with Gasteiger partial charge in [0.1, 0.15) is 17.2 Å². The molecule has 0 spiro atoms. The lowest BCUT2D eigenvalue weighted by atomic mass is 10.1. The molecule has 2 saturated heterocycles. The van der Waals surface area contributed by atoms with E-state index in [1.165, 1.54) is 0 Å². The molecule has 162 valence electrons. The van der Waals surface area contributed by atoms with Crippen LogP contribution in [0.25, 0.3) is 0 Å². The Morgan fingerprint density at radius 2 is 1.87 bits per heavy atom. The highest BCUT2D eigenvalue weighted by Crippen LogP contribution is 2.35. The molecule has 1 atom stereocenters. The van der Waals surface area contributed by atoms with Crippen LogP contribution in [0.3, 0.4) is 0 Å². The third-order valence-electron chi connectivity index (χ3n) is 5.20. The highest BCUT2D eigenvalue weighted by molar-refractivity contribution is 5.60. The zero-order valence-electron chi connectivity index (χ0n) is 16.5. The second-order valence-corrected chi connectivity index (χ2v) is 7.40. The fourth-order valence-corrected chi connectivity index (χ4v) is 3.60. The number of rotatable bonds is 5. The summed E-state index contributed by atoms with van der Waals surface area (Å²) in [5, 5.41) is 12.4. The summed E-state index contributed by atoms with van der Waals surface area (Å²) in [7, 11) is 0. The van der Waals surface area contributed by atoms with Crippen molar-refractivity contribution in [2.24, 2.45) is 0 Å². The van der Waals surface area contributed by atoms with Crippen molar-refractivity contribution in [3.63, 3.8) is 0 Å². The Bertz CT molecular complexity index is 831. The maximum absolute atomic E-state index is 13.5. The van der Waals surface area contributed by atoms with Gasteiger partial charge in [0.05, 0.1) is 11.9 Å². The smallest absolute Gasteiger partial charge is 0.368 e. The van der Waals surface area contributed by atoms with Crippen molar-refractivity contribution in [1.82, 2.24) is 25.6 Å². The van der Waals surface area contributed by atoms with Gasteiger partial charge in [-0.1, -0.05) is 0 Å². The Morgan fingerprint density at radius 3 is 2.53 bits per heavy atom. The largest absolute Gasteiger partial charge is 0.421 e.